The second-order valence-corrected chi connectivity index (χ2v) is 7.05. The number of benzene rings is 4. The molecule has 0 unspecified atom stereocenters. The average molecular weight is 371 g/mol. The van der Waals surface area contributed by atoms with Crippen molar-refractivity contribution in [3.05, 3.63) is 60.7 Å². The molecule has 0 spiro atoms. The van der Waals surface area contributed by atoms with Gasteiger partial charge in [0, 0.05) is 11.8 Å². The van der Waals surface area contributed by atoms with E-state index in [0.717, 1.165) is 26.9 Å². The van der Waals surface area contributed by atoms with Gasteiger partial charge in [-0.05, 0) is 63.7 Å². The van der Waals surface area contributed by atoms with Gasteiger partial charge >= 0.3 is 11.9 Å². The van der Waals surface area contributed by atoms with Crippen molar-refractivity contribution in [3.8, 4) is 11.5 Å². The van der Waals surface area contributed by atoms with Gasteiger partial charge in [0.05, 0.1) is 0 Å². The van der Waals surface area contributed by atoms with Crippen molar-refractivity contribution >= 4 is 44.3 Å². The first-order valence-corrected chi connectivity index (χ1v) is 9.16. The van der Waals surface area contributed by atoms with Crippen LogP contribution in [-0.2, 0) is 9.59 Å². The van der Waals surface area contributed by atoms with Crippen LogP contribution in [0.3, 0.4) is 0 Å². The molecular formula is C23H17NO4. The van der Waals surface area contributed by atoms with E-state index in [2.05, 4.69) is 24.3 Å². The second-order valence-electron chi connectivity index (χ2n) is 7.05. The van der Waals surface area contributed by atoms with E-state index in [0.29, 0.717) is 5.39 Å². The van der Waals surface area contributed by atoms with Gasteiger partial charge in [0.1, 0.15) is 6.04 Å². The predicted octanol–water partition coefficient (Wildman–Crippen LogP) is 4.08. The lowest BCUT2D eigenvalue weighted by Gasteiger charge is -2.14. The van der Waals surface area contributed by atoms with Crippen molar-refractivity contribution in [2.45, 2.75) is 18.9 Å². The molecule has 5 heteroatoms. The fourth-order valence-corrected chi connectivity index (χ4v) is 3.64. The molecule has 2 N–H and O–H groups in total. The van der Waals surface area contributed by atoms with Crippen LogP contribution in [0.2, 0.25) is 0 Å². The molecule has 0 aromatic heterocycles. The average Bonchev–Trinajstić information content (AvgIpc) is 2.75. The summed E-state index contributed by atoms with van der Waals surface area (Å²) in [6.07, 6.45) is 0.260. The molecule has 1 heterocycles. The molecule has 4 aromatic rings. The Morgan fingerprint density at radius 2 is 1.46 bits per heavy atom. The van der Waals surface area contributed by atoms with Gasteiger partial charge < -0.3 is 15.2 Å². The summed E-state index contributed by atoms with van der Waals surface area (Å²) in [7, 11) is 0. The lowest BCUT2D eigenvalue weighted by Crippen LogP contribution is -2.34. The van der Waals surface area contributed by atoms with Crippen molar-refractivity contribution in [2.75, 3.05) is 0 Å². The van der Waals surface area contributed by atoms with Crippen LogP contribution in [0, 0.1) is 0 Å². The molecular weight excluding hydrogens is 354 g/mol. The highest BCUT2D eigenvalue weighted by molar-refractivity contribution is 6.07. The molecule has 138 valence electrons. The van der Waals surface area contributed by atoms with Crippen LogP contribution < -0.4 is 15.2 Å². The van der Waals surface area contributed by atoms with Crippen LogP contribution in [-0.4, -0.2) is 18.0 Å². The van der Waals surface area contributed by atoms with Gasteiger partial charge in [0.2, 0.25) is 0 Å². The van der Waals surface area contributed by atoms with Gasteiger partial charge in [-0.2, -0.15) is 0 Å². The van der Waals surface area contributed by atoms with E-state index in [-0.39, 0.29) is 24.3 Å². The van der Waals surface area contributed by atoms with Crippen molar-refractivity contribution in [1.82, 2.24) is 0 Å². The molecule has 4 aromatic carbocycles. The van der Waals surface area contributed by atoms with Crippen LogP contribution in [0.15, 0.2) is 60.7 Å². The quantitative estimate of drug-likeness (QED) is 0.286. The van der Waals surface area contributed by atoms with E-state index in [9.17, 15) is 9.59 Å². The summed E-state index contributed by atoms with van der Waals surface area (Å²) in [5.74, 6) is -0.518. The van der Waals surface area contributed by atoms with E-state index in [4.69, 9.17) is 15.2 Å². The summed E-state index contributed by atoms with van der Waals surface area (Å²) in [5, 5.41) is 5.95. The number of carbonyl (C=O) groups is 2. The molecule has 28 heavy (non-hydrogen) atoms. The van der Waals surface area contributed by atoms with Gasteiger partial charge in [0.25, 0.3) is 0 Å². The molecule has 1 atom stereocenters. The largest absolute Gasteiger partial charge is 0.422 e. The van der Waals surface area contributed by atoms with Crippen molar-refractivity contribution < 1.29 is 19.1 Å². The molecule has 0 aliphatic carbocycles. The minimum absolute atomic E-state index is 0.0669. The van der Waals surface area contributed by atoms with Crippen LogP contribution in [0.5, 0.6) is 11.5 Å². The zero-order valence-corrected chi connectivity index (χ0v) is 15.0. The summed E-state index contributed by atoms with van der Waals surface area (Å²) in [6, 6.07) is 19.0. The number of carbonyl (C=O) groups excluding carboxylic acids is 2. The Morgan fingerprint density at radius 3 is 2.21 bits per heavy atom. The SMILES string of the molecule is N[C@@H]1CCC(=O)Oc2ccc3cc4cc5ccccc5cc4cc3c2OC1=O. The molecule has 1 aliphatic heterocycles. The van der Waals surface area contributed by atoms with E-state index >= 15 is 0 Å². The number of hydrogen-bond donors (Lipinski definition) is 1. The maximum Gasteiger partial charge on any atom is 0.328 e. The predicted molar refractivity (Wildman–Crippen MR) is 107 cm³/mol. The minimum atomic E-state index is -0.863. The molecule has 5 rings (SSSR count). The molecule has 0 saturated carbocycles. The molecule has 0 bridgehead atoms. The zero-order chi connectivity index (χ0) is 19.3. The lowest BCUT2D eigenvalue weighted by atomic mass is 9.99. The smallest absolute Gasteiger partial charge is 0.328 e. The molecule has 0 saturated heterocycles. The van der Waals surface area contributed by atoms with Gasteiger partial charge in [-0.1, -0.05) is 30.3 Å². The summed E-state index contributed by atoms with van der Waals surface area (Å²) < 4.78 is 11.0. The van der Waals surface area contributed by atoms with Crippen LogP contribution in [0.25, 0.3) is 32.3 Å². The Labute approximate surface area is 160 Å². The van der Waals surface area contributed by atoms with Crippen LogP contribution >= 0.6 is 0 Å². The number of rotatable bonds is 0. The first-order chi connectivity index (χ1) is 13.6. The Morgan fingerprint density at radius 1 is 0.786 bits per heavy atom. The Kier molecular flexibility index (Phi) is 3.77. The summed E-state index contributed by atoms with van der Waals surface area (Å²) >= 11 is 0. The molecule has 1 aliphatic rings. The van der Waals surface area contributed by atoms with E-state index in [1.165, 1.54) is 0 Å². The number of nitrogens with two attached hydrogens (primary N) is 1. The fraction of sp³-hybridized carbons (Fsp3) is 0.130. The van der Waals surface area contributed by atoms with Crippen molar-refractivity contribution in [2.24, 2.45) is 5.73 Å². The standard InChI is InChI=1S/C23H17NO4/c24-19-6-8-21(25)27-20-7-5-15-11-16-9-13-3-1-2-4-14(13)10-17(16)12-18(15)22(20)28-23(19)26/h1-5,7,9-12,19H,6,8,24H2/t19-/m1/s1. The Balaban J connectivity index is 1.78. The highest BCUT2D eigenvalue weighted by atomic mass is 16.6. The molecule has 0 fully saturated rings. The summed E-state index contributed by atoms with van der Waals surface area (Å²) in [6.45, 7) is 0. The highest BCUT2D eigenvalue weighted by Crippen LogP contribution is 2.39. The molecule has 5 nitrogen and oxygen atoms in total. The maximum absolute atomic E-state index is 12.4. The van der Waals surface area contributed by atoms with Crippen LogP contribution in [0.1, 0.15) is 12.8 Å². The Bertz CT molecular complexity index is 1280. The maximum atomic E-state index is 12.4. The third kappa shape index (κ3) is 2.77. The van der Waals surface area contributed by atoms with Crippen molar-refractivity contribution in [3.63, 3.8) is 0 Å². The summed E-state index contributed by atoms with van der Waals surface area (Å²) in [5.41, 5.74) is 5.85. The molecule has 0 amide bonds. The van der Waals surface area contributed by atoms with E-state index in [1.54, 1.807) is 6.07 Å². The topological polar surface area (TPSA) is 78.6 Å². The van der Waals surface area contributed by atoms with Gasteiger partial charge in [-0.25, -0.2) is 4.79 Å². The summed E-state index contributed by atoms with van der Waals surface area (Å²) in [4.78, 5) is 24.4. The third-order valence-corrected chi connectivity index (χ3v) is 5.14. The lowest BCUT2D eigenvalue weighted by molar-refractivity contribution is -0.135. The number of esters is 2. The van der Waals surface area contributed by atoms with E-state index in [1.807, 2.05) is 30.3 Å². The number of ether oxygens (including phenoxy) is 2. The third-order valence-electron chi connectivity index (χ3n) is 5.14. The number of fused-ring (bicyclic) bond motifs is 5. The first-order valence-electron chi connectivity index (χ1n) is 9.16. The molecule has 0 radical (unpaired) electrons. The zero-order valence-electron chi connectivity index (χ0n) is 15.0. The second kappa shape index (κ2) is 6.32. The van der Waals surface area contributed by atoms with Gasteiger partial charge in [-0.3, -0.25) is 4.79 Å². The highest BCUT2D eigenvalue weighted by Gasteiger charge is 2.25. The van der Waals surface area contributed by atoms with Crippen LogP contribution in [0.4, 0.5) is 0 Å². The number of hydrogen-bond acceptors (Lipinski definition) is 5. The first kappa shape index (κ1) is 16.7. The van der Waals surface area contributed by atoms with Gasteiger partial charge in [-0.15, -0.1) is 0 Å². The normalized spacial score (nSPS) is 17.5. The van der Waals surface area contributed by atoms with E-state index < -0.39 is 18.0 Å². The Hall–Kier alpha value is -3.44. The monoisotopic (exact) mass is 371 g/mol. The van der Waals surface area contributed by atoms with Crippen molar-refractivity contribution in [1.29, 1.82) is 0 Å². The minimum Gasteiger partial charge on any atom is -0.422 e. The van der Waals surface area contributed by atoms with Gasteiger partial charge in [0.15, 0.2) is 11.5 Å². The fourth-order valence-electron chi connectivity index (χ4n) is 3.64.